The molecule has 10 heteroatoms. The predicted molar refractivity (Wildman–Crippen MR) is 123 cm³/mol. The predicted octanol–water partition coefficient (Wildman–Crippen LogP) is 2.12. The number of hydrogen-bond acceptors (Lipinski definition) is 7. The zero-order valence-electron chi connectivity index (χ0n) is 19.1. The molecular formula is C22H31N3O6S. The minimum absolute atomic E-state index is 0.00136. The van der Waals surface area contributed by atoms with Gasteiger partial charge in [-0.1, -0.05) is 6.07 Å². The number of rotatable bonds is 12. The highest BCUT2D eigenvalue weighted by atomic mass is 32.2. The van der Waals surface area contributed by atoms with Crippen LogP contribution in [0.1, 0.15) is 12.5 Å². The quantitative estimate of drug-likeness (QED) is 0.495. The first-order valence-electron chi connectivity index (χ1n) is 10.1. The van der Waals surface area contributed by atoms with E-state index in [0.717, 1.165) is 9.87 Å². The minimum Gasteiger partial charge on any atom is -0.493 e. The summed E-state index contributed by atoms with van der Waals surface area (Å²) in [6, 6.07) is 10.3. The first-order chi connectivity index (χ1) is 15.2. The number of carbonyl (C=O) groups is 1. The molecule has 0 aliphatic carbocycles. The Morgan fingerprint density at radius 3 is 2.31 bits per heavy atom. The molecule has 9 nitrogen and oxygen atoms in total. The van der Waals surface area contributed by atoms with Crippen molar-refractivity contribution in [1.82, 2.24) is 9.62 Å². The monoisotopic (exact) mass is 465 g/mol. The average Bonchev–Trinajstić information content (AvgIpc) is 2.78. The van der Waals surface area contributed by atoms with Gasteiger partial charge in [0.2, 0.25) is 15.9 Å². The van der Waals surface area contributed by atoms with Gasteiger partial charge in [0.15, 0.2) is 11.5 Å². The van der Waals surface area contributed by atoms with Crippen LogP contribution in [0.15, 0.2) is 41.3 Å². The van der Waals surface area contributed by atoms with Crippen molar-refractivity contribution in [2.24, 2.45) is 0 Å². The van der Waals surface area contributed by atoms with Crippen LogP contribution in [-0.2, 0) is 21.2 Å². The van der Waals surface area contributed by atoms with Crippen LogP contribution in [0.2, 0.25) is 0 Å². The highest BCUT2D eigenvalue weighted by molar-refractivity contribution is 7.89. The summed E-state index contributed by atoms with van der Waals surface area (Å²) < 4.78 is 42.3. The third-order valence-electron chi connectivity index (χ3n) is 4.64. The Morgan fingerprint density at radius 1 is 1.00 bits per heavy atom. The Bertz CT molecular complexity index is 1020. The number of carbonyl (C=O) groups excluding carboxylic acids is 1. The number of amides is 1. The van der Waals surface area contributed by atoms with Crippen molar-refractivity contribution in [3.63, 3.8) is 0 Å². The first-order valence-corrected chi connectivity index (χ1v) is 11.6. The van der Waals surface area contributed by atoms with Crippen molar-refractivity contribution in [3.8, 4) is 17.2 Å². The Morgan fingerprint density at radius 2 is 1.69 bits per heavy atom. The van der Waals surface area contributed by atoms with Crippen molar-refractivity contribution in [2.45, 2.75) is 18.2 Å². The van der Waals surface area contributed by atoms with Gasteiger partial charge in [0.1, 0.15) is 10.6 Å². The molecule has 0 heterocycles. The topological polar surface area (TPSA) is 106 Å². The van der Waals surface area contributed by atoms with Gasteiger partial charge in [-0.2, -0.15) is 0 Å². The second kappa shape index (κ2) is 11.6. The van der Waals surface area contributed by atoms with Gasteiger partial charge < -0.3 is 24.8 Å². The molecule has 0 bridgehead atoms. The fourth-order valence-corrected chi connectivity index (χ4v) is 3.97. The fourth-order valence-electron chi connectivity index (χ4n) is 2.92. The molecule has 2 rings (SSSR count). The first kappa shape index (κ1) is 25.3. The van der Waals surface area contributed by atoms with E-state index in [1.807, 2.05) is 18.2 Å². The van der Waals surface area contributed by atoms with Crippen molar-refractivity contribution >= 4 is 21.6 Å². The standard InChI is InChI=1S/C22H31N3O6S/c1-6-31-19-10-8-17(14-21(19)32(27,28)25(2)3)24-15-22(26)23-12-11-16-7-9-18(29-4)20(13-16)30-5/h7-10,13-14,24H,6,11-12,15H2,1-5H3,(H,23,26). The minimum atomic E-state index is -3.70. The summed E-state index contributed by atoms with van der Waals surface area (Å²) in [5.41, 5.74) is 1.50. The molecule has 1 amide bonds. The summed E-state index contributed by atoms with van der Waals surface area (Å²) in [6.45, 7) is 2.57. The van der Waals surface area contributed by atoms with Gasteiger partial charge in [-0.3, -0.25) is 4.79 Å². The second-order valence-electron chi connectivity index (χ2n) is 7.02. The highest BCUT2D eigenvalue weighted by Gasteiger charge is 2.23. The normalized spacial score (nSPS) is 11.2. The van der Waals surface area contributed by atoms with Gasteiger partial charge >= 0.3 is 0 Å². The Kier molecular flexibility index (Phi) is 9.15. The van der Waals surface area contributed by atoms with E-state index in [1.54, 1.807) is 33.3 Å². The number of nitrogens with one attached hydrogen (secondary N) is 2. The van der Waals surface area contributed by atoms with Crippen LogP contribution in [0.4, 0.5) is 5.69 Å². The van der Waals surface area contributed by atoms with Gasteiger partial charge in [-0.15, -0.1) is 0 Å². The van der Waals surface area contributed by atoms with Crippen molar-refractivity contribution < 1.29 is 27.4 Å². The zero-order valence-corrected chi connectivity index (χ0v) is 19.9. The third-order valence-corrected chi connectivity index (χ3v) is 6.48. The van der Waals surface area contributed by atoms with Gasteiger partial charge in [0.05, 0.1) is 27.4 Å². The smallest absolute Gasteiger partial charge is 0.246 e. The van der Waals surface area contributed by atoms with Gasteiger partial charge in [0, 0.05) is 26.3 Å². The van der Waals surface area contributed by atoms with E-state index in [0.29, 0.717) is 36.8 Å². The molecule has 0 aliphatic heterocycles. The second-order valence-corrected chi connectivity index (χ2v) is 9.15. The lowest BCUT2D eigenvalue weighted by Crippen LogP contribution is -2.31. The number of hydrogen-bond donors (Lipinski definition) is 2. The molecule has 0 atom stereocenters. The van der Waals surface area contributed by atoms with E-state index in [4.69, 9.17) is 14.2 Å². The number of methoxy groups -OCH3 is 2. The van der Waals surface area contributed by atoms with Crippen molar-refractivity contribution in [3.05, 3.63) is 42.0 Å². The van der Waals surface area contributed by atoms with E-state index in [-0.39, 0.29) is 23.1 Å². The maximum Gasteiger partial charge on any atom is 0.246 e. The molecule has 176 valence electrons. The molecule has 2 aromatic carbocycles. The van der Waals surface area contributed by atoms with Crippen LogP contribution in [-0.4, -0.2) is 66.6 Å². The summed E-state index contributed by atoms with van der Waals surface area (Å²) in [6.07, 6.45) is 0.625. The van der Waals surface area contributed by atoms with Crippen LogP contribution in [0.5, 0.6) is 17.2 Å². The van der Waals surface area contributed by atoms with Crippen LogP contribution in [0, 0.1) is 0 Å². The largest absolute Gasteiger partial charge is 0.493 e. The molecule has 0 aliphatic rings. The van der Waals surface area contributed by atoms with Crippen LogP contribution < -0.4 is 24.8 Å². The van der Waals surface area contributed by atoms with E-state index in [9.17, 15) is 13.2 Å². The molecule has 2 aromatic rings. The van der Waals surface area contributed by atoms with Crippen molar-refractivity contribution in [1.29, 1.82) is 0 Å². The maximum absolute atomic E-state index is 12.6. The zero-order chi connectivity index (χ0) is 23.7. The van der Waals surface area contributed by atoms with E-state index >= 15 is 0 Å². The molecule has 32 heavy (non-hydrogen) atoms. The molecular weight excluding hydrogens is 434 g/mol. The van der Waals surface area contributed by atoms with E-state index in [2.05, 4.69) is 10.6 Å². The SMILES string of the molecule is CCOc1ccc(NCC(=O)NCCc2ccc(OC)c(OC)c2)cc1S(=O)(=O)N(C)C. The number of nitrogens with zero attached hydrogens (tertiary/aromatic N) is 1. The van der Waals surface area contributed by atoms with Crippen LogP contribution >= 0.6 is 0 Å². The van der Waals surface area contributed by atoms with Crippen LogP contribution in [0.25, 0.3) is 0 Å². The summed E-state index contributed by atoms with van der Waals surface area (Å²) in [5, 5.41) is 5.80. The van der Waals surface area contributed by atoms with Gasteiger partial charge in [-0.05, 0) is 49.2 Å². The number of ether oxygens (including phenoxy) is 3. The number of sulfonamides is 1. The Balaban J connectivity index is 1.95. The van der Waals surface area contributed by atoms with E-state index in [1.165, 1.54) is 20.2 Å². The van der Waals surface area contributed by atoms with Gasteiger partial charge in [0.25, 0.3) is 0 Å². The molecule has 0 radical (unpaired) electrons. The lowest BCUT2D eigenvalue weighted by molar-refractivity contribution is -0.119. The maximum atomic E-state index is 12.6. The van der Waals surface area contributed by atoms with E-state index < -0.39 is 10.0 Å². The summed E-state index contributed by atoms with van der Waals surface area (Å²) >= 11 is 0. The molecule has 0 saturated carbocycles. The Hall–Kier alpha value is -2.98. The Labute approximate surface area is 189 Å². The fraction of sp³-hybridized carbons (Fsp3) is 0.409. The summed E-state index contributed by atoms with van der Waals surface area (Å²) in [4.78, 5) is 12.3. The number of benzene rings is 2. The molecule has 0 saturated heterocycles. The molecule has 0 spiro atoms. The van der Waals surface area contributed by atoms with Crippen molar-refractivity contribution in [2.75, 3.05) is 53.3 Å². The molecule has 2 N–H and O–H groups in total. The number of anilines is 1. The molecule has 0 unspecified atom stereocenters. The van der Waals surface area contributed by atoms with Gasteiger partial charge in [-0.25, -0.2) is 12.7 Å². The molecule has 0 fully saturated rings. The molecule has 0 aromatic heterocycles. The third kappa shape index (κ3) is 6.51. The summed E-state index contributed by atoms with van der Waals surface area (Å²) in [7, 11) is 2.36. The highest BCUT2D eigenvalue weighted by Crippen LogP contribution is 2.29. The summed E-state index contributed by atoms with van der Waals surface area (Å²) in [5.74, 6) is 1.34. The lowest BCUT2D eigenvalue weighted by Gasteiger charge is -2.17. The average molecular weight is 466 g/mol. The lowest BCUT2D eigenvalue weighted by atomic mass is 10.1. The van der Waals surface area contributed by atoms with Crippen LogP contribution in [0.3, 0.4) is 0 Å².